The van der Waals surface area contributed by atoms with Crippen molar-refractivity contribution in [1.29, 1.82) is 0 Å². The number of rotatable bonds is 5. The van der Waals surface area contributed by atoms with Crippen LogP contribution >= 0.6 is 0 Å². The van der Waals surface area contributed by atoms with E-state index >= 15 is 0 Å². The molecule has 1 aromatic carbocycles. The van der Waals surface area contributed by atoms with Crippen LogP contribution in [0.1, 0.15) is 5.56 Å². The molecule has 16 heavy (non-hydrogen) atoms. The zero-order chi connectivity index (χ0) is 12.0. The van der Waals surface area contributed by atoms with Gasteiger partial charge in [-0.05, 0) is 24.6 Å². The van der Waals surface area contributed by atoms with Gasteiger partial charge in [0.25, 0.3) is 0 Å². The van der Waals surface area contributed by atoms with Gasteiger partial charge in [-0.25, -0.2) is 4.79 Å². The third-order valence-corrected chi connectivity index (χ3v) is 1.96. The van der Waals surface area contributed by atoms with Gasteiger partial charge < -0.3 is 14.6 Å². The lowest BCUT2D eigenvalue weighted by atomic mass is 10.2. The van der Waals surface area contributed by atoms with E-state index in [0.29, 0.717) is 5.75 Å². The van der Waals surface area contributed by atoms with Crippen LogP contribution in [0.15, 0.2) is 36.1 Å². The molecule has 1 N–H and O–H groups in total. The second-order valence-electron chi connectivity index (χ2n) is 3.20. The highest BCUT2D eigenvalue weighted by molar-refractivity contribution is 5.84. The minimum atomic E-state index is -1.11. The summed E-state index contributed by atoms with van der Waals surface area (Å²) in [7, 11) is 1.49. The topological polar surface area (TPSA) is 55.8 Å². The number of ether oxygens (including phenoxy) is 2. The number of carboxylic acids is 1. The summed E-state index contributed by atoms with van der Waals surface area (Å²) in [6.45, 7) is 2.05. The third kappa shape index (κ3) is 3.40. The fraction of sp³-hybridized carbons (Fsp3) is 0.250. The summed E-state index contributed by atoms with van der Waals surface area (Å²) in [4.78, 5) is 10.9. The number of hydrogen-bond donors (Lipinski definition) is 1. The van der Waals surface area contributed by atoms with Gasteiger partial charge in [-0.3, -0.25) is 0 Å². The molecule has 0 fully saturated rings. The van der Waals surface area contributed by atoms with Crippen LogP contribution in [0.5, 0.6) is 5.75 Å². The zero-order valence-corrected chi connectivity index (χ0v) is 9.27. The normalized spacial score (nSPS) is 11.2. The fourth-order valence-electron chi connectivity index (χ4n) is 1.12. The molecule has 0 spiro atoms. The third-order valence-electron chi connectivity index (χ3n) is 1.96. The molecule has 0 saturated heterocycles. The summed E-state index contributed by atoms with van der Waals surface area (Å²) >= 11 is 0. The highest BCUT2D eigenvalue weighted by atomic mass is 16.5. The predicted molar refractivity (Wildman–Crippen MR) is 59.4 cm³/mol. The van der Waals surface area contributed by atoms with E-state index in [1.807, 2.05) is 19.1 Å². The van der Waals surface area contributed by atoms with Crippen molar-refractivity contribution < 1.29 is 19.4 Å². The van der Waals surface area contributed by atoms with E-state index in [0.717, 1.165) is 5.56 Å². The quantitative estimate of drug-likeness (QED) is 0.611. The number of benzene rings is 1. The number of hydrogen-bond acceptors (Lipinski definition) is 3. The molecule has 0 unspecified atom stereocenters. The first-order chi connectivity index (χ1) is 7.65. The van der Waals surface area contributed by atoms with Gasteiger partial charge in [-0.15, -0.1) is 0 Å². The van der Waals surface area contributed by atoms with Crippen molar-refractivity contribution in [2.24, 2.45) is 0 Å². The van der Waals surface area contributed by atoms with Crippen molar-refractivity contribution in [3.8, 4) is 5.75 Å². The van der Waals surface area contributed by atoms with E-state index in [2.05, 4.69) is 0 Å². The Hall–Kier alpha value is -1.81. The lowest BCUT2D eigenvalue weighted by Crippen LogP contribution is -2.09. The monoisotopic (exact) mass is 222 g/mol. The van der Waals surface area contributed by atoms with Crippen molar-refractivity contribution in [1.82, 2.24) is 0 Å². The molecule has 86 valence electrons. The first-order valence-electron chi connectivity index (χ1n) is 4.81. The molecule has 0 aliphatic rings. The van der Waals surface area contributed by atoms with Crippen molar-refractivity contribution in [2.45, 2.75) is 6.92 Å². The first-order valence-corrected chi connectivity index (χ1v) is 4.81. The molecule has 0 atom stereocenters. The van der Waals surface area contributed by atoms with E-state index in [9.17, 15) is 4.79 Å². The van der Waals surface area contributed by atoms with Crippen LogP contribution < -0.4 is 4.74 Å². The standard InChI is InChI=1S/C12H14O4/c1-9-5-3-4-6-10(9)16-11(12(13)14)7-8-15-2/h3-7H,8H2,1-2H3,(H,13,14). The molecular weight excluding hydrogens is 208 g/mol. The minimum absolute atomic E-state index is 0.129. The number of aryl methyl sites for hydroxylation is 1. The molecular formula is C12H14O4. The molecule has 0 saturated carbocycles. The predicted octanol–water partition coefficient (Wildman–Crippen LogP) is 1.99. The van der Waals surface area contributed by atoms with Gasteiger partial charge in [-0.2, -0.15) is 0 Å². The maximum absolute atomic E-state index is 10.9. The Bertz CT molecular complexity index is 396. The molecule has 4 nitrogen and oxygen atoms in total. The smallest absolute Gasteiger partial charge is 0.371 e. The summed E-state index contributed by atoms with van der Waals surface area (Å²) in [5.41, 5.74) is 0.882. The number of carbonyl (C=O) groups is 1. The lowest BCUT2D eigenvalue weighted by Gasteiger charge is -2.08. The van der Waals surface area contributed by atoms with Gasteiger partial charge in [0.1, 0.15) is 5.75 Å². The second-order valence-corrected chi connectivity index (χ2v) is 3.20. The molecule has 0 heterocycles. The number of carboxylic acid groups (broad SMARTS) is 1. The van der Waals surface area contributed by atoms with E-state index in [1.165, 1.54) is 13.2 Å². The van der Waals surface area contributed by atoms with E-state index in [4.69, 9.17) is 14.6 Å². The van der Waals surface area contributed by atoms with Crippen LogP contribution in [-0.2, 0) is 9.53 Å². The number of aliphatic carboxylic acids is 1. The summed E-state index contributed by atoms with van der Waals surface area (Å²) in [5.74, 6) is -0.705. The van der Waals surface area contributed by atoms with Crippen LogP contribution in [-0.4, -0.2) is 24.8 Å². The molecule has 4 heteroatoms. The minimum Gasteiger partial charge on any atom is -0.475 e. The Balaban J connectivity index is 2.84. The van der Waals surface area contributed by atoms with Crippen LogP contribution in [0.4, 0.5) is 0 Å². The van der Waals surface area contributed by atoms with Gasteiger partial charge in [0.05, 0.1) is 6.61 Å². The fourth-order valence-corrected chi connectivity index (χ4v) is 1.12. The highest BCUT2D eigenvalue weighted by Gasteiger charge is 2.10. The lowest BCUT2D eigenvalue weighted by molar-refractivity contribution is -0.135. The molecule has 0 radical (unpaired) electrons. The van der Waals surface area contributed by atoms with Crippen molar-refractivity contribution in [3.63, 3.8) is 0 Å². The molecule has 0 bridgehead atoms. The van der Waals surface area contributed by atoms with Crippen molar-refractivity contribution in [3.05, 3.63) is 41.7 Å². The average Bonchev–Trinajstić information content (AvgIpc) is 2.26. The van der Waals surface area contributed by atoms with Gasteiger partial charge >= 0.3 is 5.97 Å². The van der Waals surface area contributed by atoms with Crippen molar-refractivity contribution in [2.75, 3.05) is 13.7 Å². The summed E-state index contributed by atoms with van der Waals surface area (Å²) < 4.78 is 10.1. The van der Waals surface area contributed by atoms with Gasteiger partial charge in [0.2, 0.25) is 5.76 Å². The van der Waals surface area contributed by atoms with E-state index in [-0.39, 0.29) is 12.4 Å². The second kappa shape index (κ2) is 5.92. The Morgan fingerprint density at radius 1 is 1.44 bits per heavy atom. The Morgan fingerprint density at radius 3 is 2.69 bits per heavy atom. The Kier molecular flexibility index (Phi) is 4.54. The molecule has 0 aliphatic carbocycles. The first kappa shape index (κ1) is 12.3. The SMILES string of the molecule is COCC=C(Oc1ccccc1C)C(=O)O. The Morgan fingerprint density at radius 2 is 2.12 bits per heavy atom. The molecule has 0 aliphatic heterocycles. The van der Waals surface area contributed by atoms with Gasteiger partial charge in [-0.1, -0.05) is 18.2 Å². The van der Waals surface area contributed by atoms with Crippen LogP contribution in [0, 0.1) is 6.92 Å². The van der Waals surface area contributed by atoms with Crippen molar-refractivity contribution >= 4 is 5.97 Å². The largest absolute Gasteiger partial charge is 0.475 e. The number of methoxy groups -OCH3 is 1. The van der Waals surface area contributed by atoms with Gasteiger partial charge in [0, 0.05) is 7.11 Å². The average molecular weight is 222 g/mol. The summed E-state index contributed by atoms with van der Waals surface area (Å²) in [6, 6.07) is 7.23. The van der Waals surface area contributed by atoms with Crippen LogP contribution in [0.2, 0.25) is 0 Å². The molecule has 1 aromatic rings. The number of para-hydroxylation sites is 1. The van der Waals surface area contributed by atoms with Crippen LogP contribution in [0.25, 0.3) is 0 Å². The molecule has 0 amide bonds. The van der Waals surface area contributed by atoms with Gasteiger partial charge in [0.15, 0.2) is 0 Å². The maximum Gasteiger partial charge on any atom is 0.371 e. The summed E-state index contributed by atoms with van der Waals surface area (Å²) in [5, 5.41) is 8.90. The summed E-state index contributed by atoms with van der Waals surface area (Å²) in [6.07, 6.45) is 1.38. The highest BCUT2D eigenvalue weighted by Crippen LogP contribution is 2.19. The zero-order valence-electron chi connectivity index (χ0n) is 9.27. The Labute approximate surface area is 94.1 Å². The van der Waals surface area contributed by atoms with E-state index in [1.54, 1.807) is 12.1 Å². The molecule has 1 rings (SSSR count). The maximum atomic E-state index is 10.9. The van der Waals surface area contributed by atoms with Crippen LogP contribution in [0.3, 0.4) is 0 Å². The van der Waals surface area contributed by atoms with E-state index < -0.39 is 5.97 Å². The molecule has 0 aromatic heterocycles.